The molecule has 2 heterocycles. The van der Waals surface area contributed by atoms with Gasteiger partial charge in [-0.2, -0.15) is 9.57 Å². The molecule has 3 rings (SSSR count). The summed E-state index contributed by atoms with van der Waals surface area (Å²) in [7, 11) is -3.67. The summed E-state index contributed by atoms with van der Waals surface area (Å²) in [4.78, 5) is 15.2. The van der Waals surface area contributed by atoms with E-state index in [4.69, 9.17) is 0 Å². The summed E-state index contributed by atoms with van der Waals surface area (Å²) in [6, 6.07) is 10.1. The molecule has 1 N–H and O–H groups in total. The number of hydrogen-bond acceptors (Lipinski definition) is 5. The van der Waals surface area contributed by atoms with E-state index in [1.807, 2.05) is 26.0 Å². The summed E-state index contributed by atoms with van der Waals surface area (Å²) in [5, 5.41) is 12.3. The molecule has 34 heavy (non-hydrogen) atoms. The van der Waals surface area contributed by atoms with Crippen molar-refractivity contribution in [2.75, 3.05) is 38.0 Å². The van der Waals surface area contributed by atoms with Gasteiger partial charge in [0.15, 0.2) is 0 Å². The van der Waals surface area contributed by atoms with Crippen LogP contribution in [0.15, 0.2) is 40.8 Å². The fourth-order valence-electron chi connectivity index (χ4n) is 4.21. The first-order chi connectivity index (χ1) is 16.2. The normalized spacial score (nSPS) is 15.8. The van der Waals surface area contributed by atoms with Crippen LogP contribution < -0.4 is 5.32 Å². The lowest BCUT2D eigenvalue weighted by Gasteiger charge is -2.33. The second-order valence-electron chi connectivity index (χ2n) is 8.47. The lowest BCUT2D eigenvalue weighted by atomic mass is 10.1. The summed E-state index contributed by atoms with van der Waals surface area (Å²) >= 11 is 0. The van der Waals surface area contributed by atoms with Crippen molar-refractivity contribution in [2.24, 2.45) is 0 Å². The first-order valence-corrected chi connectivity index (χ1v) is 13.1. The molecule has 1 amide bonds. The molecule has 0 radical (unpaired) electrons. The molecule has 1 aromatic heterocycles. The van der Waals surface area contributed by atoms with Crippen molar-refractivity contribution in [2.45, 2.75) is 45.6 Å². The Hall–Kier alpha value is -2.93. The number of nitriles is 1. The van der Waals surface area contributed by atoms with E-state index in [2.05, 4.69) is 28.6 Å². The third kappa shape index (κ3) is 5.58. The van der Waals surface area contributed by atoms with Gasteiger partial charge >= 0.3 is 0 Å². The summed E-state index contributed by atoms with van der Waals surface area (Å²) in [5.74, 6) is -0.575. The van der Waals surface area contributed by atoms with Crippen LogP contribution in [-0.4, -0.2) is 60.8 Å². The molecule has 0 unspecified atom stereocenters. The Morgan fingerprint density at radius 2 is 1.85 bits per heavy atom. The smallest absolute Gasteiger partial charge is 0.266 e. The van der Waals surface area contributed by atoms with Crippen molar-refractivity contribution < 1.29 is 13.2 Å². The van der Waals surface area contributed by atoms with Gasteiger partial charge in [-0.3, -0.25) is 4.79 Å². The topological polar surface area (TPSA) is 98.4 Å². The minimum atomic E-state index is -3.67. The van der Waals surface area contributed by atoms with E-state index in [-0.39, 0.29) is 10.5 Å². The zero-order chi connectivity index (χ0) is 24.9. The van der Waals surface area contributed by atoms with Crippen molar-refractivity contribution in [3.8, 4) is 6.07 Å². The Balaban J connectivity index is 1.79. The molecule has 2 aromatic rings. The highest BCUT2D eigenvalue weighted by Gasteiger charge is 2.28. The highest BCUT2D eigenvalue weighted by atomic mass is 32.2. The maximum Gasteiger partial charge on any atom is 0.266 e. The number of piperazine rings is 1. The van der Waals surface area contributed by atoms with Crippen LogP contribution in [0.5, 0.6) is 0 Å². The standard InChI is InChI=1S/C25H33N5O3S/c1-5-10-30-19(3)15-21(20(30)4)16-22(18-26)25(31)27-23-8-7-9-24(17-23)34(32,33)29-13-11-28(6-2)12-14-29/h7-9,15-17H,5-6,10-14H2,1-4H3,(H,27,31)/b22-16-. The van der Waals surface area contributed by atoms with Crippen LogP contribution in [0, 0.1) is 25.2 Å². The van der Waals surface area contributed by atoms with Gasteiger partial charge in [0.25, 0.3) is 5.91 Å². The predicted molar refractivity (Wildman–Crippen MR) is 134 cm³/mol. The van der Waals surface area contributed by atoms with Crippen LogP contribution in [-0.2, 0) is 21.4 Å². The van der Waals surface area contributed by atoms with E-state index in [0.29, 0.717) is 31.9 Å². The van der Waals surface area contributed by atoms with Gasteiger partial charge in [-0.25, -0.2) is 8.42 Å². The first-order valence-electron chi connectivity index (χ1n) is 11.6. The number of nitrogens with zero attached hydrogens (tertiary/aromatic N) is 4. The van der Waals surface area contributed by atoms with Crippen LogP contribution in [0.3, 0.4) is 0 Å². The highest BCUT2D eigenvalue weighted by Crippen LogP contribution is 2.23. The molecule has 1 fully saturated rings. The third-order valence-electron chi connectivity index (χ3n) is 6.23. The number of aryl methyl sites for hydroxylation is 1. The van der Waals surface area contributed by atoms with Crippen LogP contribution in [0.4, 0.5) is 5.69 Å². The monoisotopic (exact) mass is 483 g/mol. The minimum Gasteiger partial charge on any atom is -0.349 e. The largest absolute Gasteiger partial charge is 0.349 e. The van der Waals surface area contributed by atoms with Gasteiger partial charge in [0.2, 0.25) is 10.0 Å². The number of benzene rings is 1. The van der Waals surface area contributed by atoms with E-state index in [0.717, 1.165) is 36.5 Å². The van der Waals surface area contributed by atoms with Crippen molar-refractivity contribution in [1.82, 2.24) is 13.8 Å². The summed E-state index contributed by atoms with van der Waals surface area (Å²) in [6.07, 6.45) is 2.57. The van der Waals surface area contributed by atoms with Crippen LogP contribution in [0.1, 0.15) is 37.2 Å². The van der Waals surface area contributed by atoms with Crippen molar-refractivity contribution >= 4 is 27.7 Å². The molecule has 0 spiro atoms. The molecule has 0 aliphatic carbocycles. The number of carbonyl (C=O) groups excluding carboxylic acids is 1. The number of hydrogen-bond donors (Lipinski definition) is 1. The molecule has 9 heteroatoms. The molecule has 0 bridgehead atoms. The van der Waals surface area contributed by atoms with E-state index in [1.54, 1.807) is 18.2 Å². The number of carbonyl (C=O) groups is 1. The van der Waals surface area contributed by atoms with E-state index >= 15 is 0 Å². The SMILES string of the molecule is CCCn1c(C)cc(/C=C(/C#N)C(=O)Nc2cccc(S(=O)(=O)N3CCN(CC)CC3)c2)c1C. The molecular weight excluding hydrogens is 450 g/mol. The Bertz CT molecular complexity index is 1220. The maximum atomic E-state index is 13.1. The van der Waals surface area contributed by atoms with Gasteiger partial charge < -0.3 is 14.8 Å². The predicted octanol–water partition coefficient (Wildman–Crippen LogP) is 3.39. The van der Waals surface area contributed by atoms with Crippen LogP contribution in [0.2, 0.25) is 0 Å². The Kier molecular flexibility index (Phi) is 8.31. The number of likely N-dealkylation sites (N-methyl/N-ethyl adjacent to an activating group) is 1. The Labute approximate surface area is 202 Å². The first kappa shape index (κ1) is 25.7. The molecule has 1 saturated heterocycles. The van der Waals surface area contributed by atoms with Gasteiger partial charge in [-0.15, -0.1) is 0 Å². The fourth-order valence-corrected chi connectivity index (χ4v) is 5.68. The Morgan fingerprint density at radius 1 is 1.15 bits per heavy atom. The number of amides is 1. The molecular formula is C25H33N5O3S. The van der Waals surface area contributed by atoms with Crippen molar-refractivity contribution in [3.63, 3.8) is 0 Å². The zero-order valence-corrected chi connectivity index (χ0v) is 21.2. The molecule has 182 valence electrons. The number of aromatic nitrogens is 1. The summed E-state index contributed by atoms with van der Waals surface area (Å²) in [6.45, 7) is 12.2. The number of rotatable bonds is 8. The van der Waals surface area contributed by atoms with Crippen LogP contribution >= 0.6 is 0 Å². The van der Waals surface area contributed by atoms with Gasteiger partial charge in [0, 0.05) is 49.8 Å². The molecule has 0 saturated carbocycles. The zero-order valence-electron chi connectivity index (χ0n) is 20.3. The van der Waals surface area contributed by atoms with E-state index < -0.39 is 15.9 Å². The summed E-state index contributed by atoms with van der Waals surface area (Å²) in [5.41, 5.74) is 3.17. The number of anilines is 1. The molecule has 1 aromatic carbocycles. The molecule has 1 aliphatic rings. The van der Waals surface area contributed by atoms with Crippen LogP contribution in [0.25, 0.3) is 6.08 Å². The molecule has 1 aliphatic heterocycles. The number of nitrogens with one attached hydrogen (secondary N) is 1. The van der Waals surface area contributed by atoms with Crippen molar-refractivity contribution in [1.29, 1.82) is 5.26 Å². The second kappa shape index (κ2) is 11.0. The summed E-state index contributed by atoms with van der Waals surface area (Å²) < 4.78 is 29.8. The Morgan fingerprint density at radius 3 is 2.47 bits per heavy atom. The maximum absolute atomic E-state index is 13.1. The van der Waals surface area contributed by atoms with E-state index in [9.17, 15) is 18.5 Å². The van der Waals surface area contributed by atoms with Gasteiger partial charge in [-0.05, 0) is 62.7 Å². The molecule has 8 nitrogen and oxygen atoms in total. The lowest BCUT2D eigenvalue weighted by molar-refractivity contribution is -0.112. The van der Waals surface area contributed by atoms with Crippen molar-refractivity contribution in [3.05, 3.63) is 52.9 Å². The quantitative estimate of drug-likeness (QED) is 0.458. The lowest BCUT2D eigenvalue weighted by Crippen LogP contribution is -2.48. The average Bonchev–Trinajstić information content (AvgIpc) is 3.10. The van der Waals surface area contributed by atoms with Gasteiger partial charge in [0.05, 0.1) is 4.90 Å². The van der Waals surface area contributed by atoms with E-state index in [1.165, 1.54) is 16.4 Å². The number of sulfonamides is 1. The highest BCUT2D eigenvalue weighted by molar-refractivity contribution is 7.89. The van der Waals surface area contributed by atoms with Gasteiger partial charge in [0.1, 0.15) is 11.6 Å². The fraction of sp³-hybridized carbons (Fsp3) is 0.440. The minimum absolute atomic E-state index is 0.0410. The molecule has 0 atom stereocenters. The third-order valence-corrected chi connectivity index (χ3v) is 8.13. The average molecular weight is 484 g/mol. The second-order valence-corrected chi connectivity index (χ2v) is 10.4. The van der Waals surface area contributed by atoms with Gasteiger partial charge in [-0.1, -0.05) is 19.9 Å².